The van der Waals surface area contributed by atoms with E-state index in [-0.39, 0.29) is 12.0 Å². The predicted molar refractivity (Wildman–Crippen MR) is 62.4 cm³/mol. The van der Waals surface area contributed by atoms with Crippen molar-refractivity contribution in [1.82, 2.24) is 4.90 Å². The summed E-state index contributed by atoms with van der Waals surface area (Å²) >= 11 is 0. The van der Waals surface area contributed by atoms with Crippen molar-refractivity contribution in [2.24, 2.45) is 0 Å². The third kappa shape index (κ3) is 3.40. The van der Waals surface area contributed by atoms with Crippen molar-refractivity contribution in [3.63, 3.8) is 0 Å². The summed E-state index contributed by atoms with van der Waals surface area (Å²) in [5.41, 5.74) is 0.145. The number of rotatable bonds is 4. The maximum atomic E-state index is 11.9. The molecule has 0 aromatic heterocycles. The SMILES string of the molecule is C=C(C)C(=O)OC(C)C(=O)N1C(=O)CC1OC(C)=O. The Morgan fingerprint density at radius 3 is 2.37 bits per heavy atom. The lowest BCUT2D eigenvalue weighted by Crippen LogP contribution is -2.59. The summed E-state index contributed by atoms with van der Waals surface area (Å²) in [5.74, 6) is -2.52. The number of hydrogen-bond donors (Lipinski definition) is 0. The van der Waals surface area contributed by atoms with Crippen LogP contribution in [0.3, 0.4) is 0 Å². The van der Waals surface area contributed by atoms with Gasteiger partial charge < -0.3 is 9.47 Å². The highest BCUT2D eigenvalue weighted by atomic mass is 16.6. The summed E-state index contributed by atoms with van der Waals surface area (Å²) in [5, 5.41) is 0. The van der Waals surface area contributed by atoms with Gasteiger partial charge in [0.2, 0.25) is 5.91 Å². The monoisotopic (exact) mass is 269 g/mol. The first kappa shape index (κ1) is 14.9. The second kappa shape index (κ2) is 5.64. The van der Waals surface area contributed by atoms with Crippen molar-refractivity contribution >= 4 is 23.8 Å². The Morgan fingerprint density at radius 2 is 1.95 bits per heavy atom. The molecule has 1 fully saturated rings. The van der Waals surface area contributed by atoms with E-state index in [4.69, 9.17) is 9.47 Å². The van der Waals surface area contributed by atoms with Crippen LogP contribution >= 0.6 is 0 Å². The summed E-state index contributed by atoms with van der Waals surface area (Å²) < 4.78 is 9.59. The maximum absolute atomic E-state index is 11.9. The minimum atomic E-state index is -1.15. The van der Waals surface area contributed by atoms with Gasteiger partial charge in [-0.1, -0.05) is 6.58 Å². The molecule has 7 nitrogen and oxygen atoms in total. The van der Waals surface area contributed by atoms with Crippen molar-refractivity contribution in [3.05, 3.63) is 12.2 Å². The fourth-order valence-electron chi connectivity index (χ4n) is 1.45. The number of likely N-dealkylation sites (tertiary alicyclic amines) is 1. The molecule has 1 aliphatic heterocycles. The minimum absolute atomic E-state index is 0.0491. The summed E-state index contributed by atoms with van der Waals surface area (Å²) in [4.78, 5) is 46.1. The predicted octanol–water partition coefficient (Wildman–Crippen LogP) is 0.142. The van der Waals surface area contributed by atoms with Crippen molar-refractivity contribution in [3.8, 4) is 0 Å². The van der Waals surface area contributed by atoms with E-state index in [9.17, 15) is 19.2 Å². The highest BCUT2D eigenvalue weighted by Crippen LogP contribution is 2.22. The van der Waals surface area contributed by atoms with Crippen LogP contribution in [0.25, 0.3) is 0 Å². The van der Waals surface area contributed by atoms with Crippen LogP contribution in [-0.2, 0) is 28.7 Å². The Bertz CT molecular complexity index is 455. The van der Waals surface area contributed by atoms with E-state index in [2.05, 4.69) is 6.58 Å². The zero-order chi connectivity index (χ0) is 14.7. The molecule has 1 heterocycles. The highest BCUT2D eigenvalue weighted by Gasteiger charge is 2.45. The molecule has 0 aromatic carbocycles. The molecule has 0 aromatic rings. The number of esters is 2. The summed E-state index contributed by atoms with van der Waals surface area (Å²) in [6.45, 7) is 7.33. The molecular formula is C12H15NO6. The maximum Gasteiger partial charge on any atom is 0.333 e. The van der Waals surface area contributed by atoms with Crippen LogP contribution in [0.15, 0.2) is 12.2 Å². The van der Waals surface area contributed by atoms with Gasteiger partial charge in [0.05, 0.1) is 6.42 Å². The second-order valence-corrected chi connectivity index (χ2v) is 4.20. The third-order valence-electron chi connectivity index (χ3n) is 2.43. The van der Waals surface area contributed by atoms with Gasteiger partial charge in [-0.2, -0.15) is 0 Å². The van der Waals surface area contributed by atoms with Crippen LogP contribution < -0.4 is 0 Å². The van der Waals surface area contributed by atoms with E-state index in [0.717, 1.165) is 4.90 Å². The molecule has 0 radical (unpaired) electrons. The van der Waals surface area contributed by atoms with Crippen LogP contribution in [0.4, 0.5) is 0 Å². The lowest BCUT2D eigenvalue weighted by Gasteiger charge is -2.38. The molecule has 2 unspecified atom stereocenters. The summed E-state index contributed by atoms with van der Waals surface area (Å²) in [6.07, 6.45) is -2.11. The van der Waals surface area contributed by atoms with Gasteiger partial charge in [-0.25, -0.2) is 9.69 Å². The zero-order valence-electron chi connectivity index (χ0n) is 11.0. The normalized spacial score (nSPS) is 19.2. The first-order valence-electron chi connectivity index (χ1n) is 5.63. The van der Waals surface area contributed by atoms with Gasteiger partial charge in [-0.15, -0.1) is 0 Å². The van der Waals surface area contributed by atoms with Crippen molar-refractivity contribution < 1.29 is 28.7 Å². The van der Waals surface area contributed by atoms with E-state index < -0.39 is 36.1 Å². The van der Waals surface area contributed by atoms with Crippen molar-refractivity contribution in [2.45, 2.75) is 39.5 Å². The molecular weight excluding hydrogens is 254 g/mol. The molecule has 0 N–H and O–H groups in total. The largest absolute Gasteiger partial charge is 0.449 e. The van der Waals surface area contributed by atoms with Crippen LogP contribution in [0, 0.1) is 0 Å². The molecule has 1 rings (SSSR count). The number of nitrogens with zero attached hydrogens (tertiary/aromatic N) is 1. The molecule has 0 bridgehead atoms. The molecule has 104 valence electrons. The molecule has 2 amide bonds. The Balaban J connectivity index is 2.65. The van der Waals surface area contributed by atoms with Crippen molar-refractivity contribution in [1.29, 1.82) is 0 Å². The molecule has 19 heavy (non-hydrogen) atoms. The Hall–Kier alpha value is -2.18. The molecule has 0 saturated carbocycles. The lowest BCUT2D eigenvalue weighted by atomic mass is 10.1. The van der Waals surface area contributed by atoms with Crippen molar-refractivity contribution in [2.75, 3.05) is 0 Å². The number of imide groups is 1. The Morgan fingerprint density at radius 1 is 1.37 bits per heavy atom. The van der Waals surface area contributed by atoms with E-state index in [1.807, 2.05) is 0 Å². The Kier molecular flexibility index (Phi) is 4.42. The van der Waals surface area contributed by atoms with E-state index in [1.54, 1.807) is 0 Å². The van der Waals surface area contributed by atoms with Gasteiger partial charge in [0, 0.05) is 12.5 Å². The topological polar surface area (TPSA) is 90.0 Å². The average molecular weight is 269 g/mol. The van der Waals surface area contributed by atoms with Gasteiger partial charge in [0.1, 0.15) is 0 Å². The van der Waals surface area contributed by atoms with Gasteiger partial charge in [-0.3, -0.25) is 14.4 Å². The standard InChI is InChI=1S/C12H15NO6/c1-6(2)12(17)18-7(3)11(16)13-9(15)5-10(13)19-8(4)14/h7,10H,1,5H2,2-4H3. The van der Waals surface area contributed by atoms with E-state index >= 15 is 0 Å². The zero-order valence-corrected chi connectivity index (χ0v) is 11.0. The first-order valence-corrected chi connectivity index (χ1v) is 5.63. The minimum Gasteiger partial charge on any atom is -0.449 e. The molecule has 7 heteroatoms. The van der Waals surface area contributed by atoms with Gasteiger partial charge in [0.15, 0.2) is 12.3 Å². The smallest absolute Gasteiger partial charge is 0.333 e. The molecule has 1 aliphatic rings. The number of amides is 2. The third-order valence-corrected chi connectivity index (χ3v) is 2.43. The van der Waals surface area contributed by atoms with Gasteiger partial charge in [0.25, 0.3) is 5.91 Å². The molecule has 0 aliphatic carbocycles. The van der Waals surface area contributed by atoms with E-state index in [1.165, 1.54) is 20.8 Å². The van der Waals surface area contributed by atoms with Gasteiger partial charge >= 0.3 is 11.9 Å². The van der Waals surface area contributed by atoms with Crippen LogP contribution in [-0.4, -0.2) is 41.0 Å². The number of ether oxygens (including phenoxy) is 2. The van der Waals surface area contributed by atoms with Gasteiger partial charge in [-0.05, 0) is 13.8 Å². The van der Waals surface area contributed by atoms with E-state index in [0.29, 0.717) is 0 Å². The lowest BCUT2D eigenvalue weighted by molar-refractivity contribution is -0.191. The highest BCUT2D eigenvalue weighted by molar-refractivity contribution is 6.03. The van der Waals surface area contributed by atoms with Crippen LogP contribution in [0.5, 0.6) is 0 Å². The number of carbonyl (C=O) groups is 4. The average Bonchev–Trinajstić information content (AvgIpc) is 2.26. The Labute approximate surface area is 110 Å². The van der Waals surface area contributed by atoms with Crippen LogP contribution in [0.1, 0.15) is 27.2 Å². The number of hydrogen-bond acceptors (Lipinski definition) is 6. The second-order valence-electron chi connectivity index (χ2n) is 4.20. The molecule has 1 saturated heterocycles. The first-order chi connectivity index (χ1) is 8.73. The summed E-state index contributed by atoms with van der Waals surface area (Å²) in [7, 11) is 0. The molecule has 0 spiro atoms. The molecule has 2 atom stereocenters. The quantitative estimate of drug-likeness (QED) is 0.410. The number of β-lactam (4-membered cyclic amide) rings is 1. The fourth-order valence-corrected chi connectivity index (χ4v) is 1.45. The number of carbonyl (C=O) groups excluding carboxylic acids is 4. The fraction of sp³-hybridized carbons (Fsp3) is 0.500. The van der Waals surface area contributed by atoms with Crippen LogP contribution in [0.2, 0.25) is 0 Å². The summed E-state index contributed by atoms with van der Waals surface area (Å²) in [6, 6.07) is 0.